The smallest absolute Gasteiger partial charge is 0.190 e. The van der Waals surface area contributed by atoms with Gasteiger partial charge in [-0.1, -0.05) is 17.7 Å². The Labute approximate surface area is 72.1 Å². The van der Waals surface area contributed by atoms with E-state index in [1.165, 1.54) is 6.07 Å². The summed E-state index contributed by atoms with van der Waals surface area (Å²) in [7, 11) is 0. The molecule has 5 heteroatoms. The van der Waals surface area contributed by atoms with Crippen LogP contribution in [0, 0.1) is 16.5 Å². The Hall–Kier alpha value is -1.03. The first-order chi connectivity index (χ1) is 5.65. The summed E-state index contributed by atoms with van der Waals surface area (Å²) in [6.07, 6.45) is 0. The van der Waals surface area contributed by atoms with Crippen LogP contribution in [0.1, 0.15) is 11.1 Å². The van der Waals surface area contributed by atoms with Crippen LogP contribution in [0.5, 0.6) is 0 Å². The minimum absolute atomic E-state index is 0.144. The molecule has 0 saturated heterocycles. The second-order valence-corrected chi connectivity index (χ2v) is 2.53. The number of rotatable bonds is 2. The van der Waals surface area contributed by atoms with E-state index in [2.05, 4.69) is 5.18 Å². The second-order valence-electron chi connectivity index (χ2n) is 2.11. The van der Waals surface area contributed by atoms with Gasteiger partial charge in [0.25, 0.3) is 0 Å². The summed E-state index contributed by atoms with van der Waals surface area (Å²) in [5, 5.41) is 2.46. The molecule has 0 aliphatic rings. The van der Waals surface area contributed by atoms with Gasteiger partial charge in [0.1, 0.15) is 0 Å². The minimum atomic E-state index is -1.17. The van der Waals surface area contributed by atoms with E-state index in [4.69, 9.17) is 11.6 Å². The van der Waals surface area contributed by atoms with Gasteiger partial charge in [-0.15, -0.1) is 4.91 Å². The lowest BCUT2D eigenvalue weighted by Crippen LogP contribution is -1.89. The van der Waals surface area contributed by atoms with Crippen molar-refractivity contribution in [2.75, 3.05) is 0 Å². The van der Waals surface area contributed by atoms with Crippen molar-refractivity contribution < 1.29 is 8.78 Å². The third-order valence-electron chi connectivity index (χ3n) is 1.31. The largest absolute Gasteiger partial charge is 0.204 e. The first-order valence-corrected chi connectivity index (χ1v) is 3.50. The molecule has 0 aliphatic heterocycles. The summed E-state index contributed by atoms with van der Waals surface area (Å²) in [5.74, 6) is -2.02. The lowest BCUT2D eigenvalue weighted by molar-refractivity contribution is 0.507. The Morgan fingerprint density at radius 3 is 2.50 bits per heavy atom. The molecule has 0 bridgehead atoms. The van der Waals surface area contributed by atoms with E-state index < -0.39 is 17.1 Å². The third-order valence-corrected chi connectivity index (χ3v) is 1.64. The highest BCUT2D eigenvalue weighted by Crippen LogP contribution is 2.22. The zero-order valence-corrected chi connectivity index (χ0v) is 6.55. The minimum Gasteiger partial charge on any atom is -0.204 e. The van der Waals surface area contributed by atoms with Gasteiger partial charge < -0.3 is 0 Å². The molecule has 0 N–H and O–H groups in total. The average molecular weight is 192 g/mol. The third kappa shape index (κ3) is 1.76. The standard InChI is InChI=1S/C7H4ClF2NO/c8-7(11-12)4-1-2-5(9)6(10)3-4/h1-3,7H. The Morgan fingerprint density at radius 2 is 2.00 bits per heavy atom. The fraction of sp³-hybridized carbons (Fsp3) is 0.143. The van der Waals surface area contributed by atoms with E-state index in [9.17, 15) is 13.7 Å². The lowest BCUT2D eigenvalue weighted by Gasteiger charge is -2.00. The van der Waals surface area contributed by atoms with Gasteiger partial charge in [0.05, 0.1) is 0 Å². The van der Waals surface area contributed by atoms with Crippen molar-refractivity contribution in [3.8, 4) is 0 Å². The highest BCUT2D eigenvalue weighted by Gasteiger charge is 2.10. The highest BCUT2D eigenvalue weighted by molar-refractivity contribution is 6.20. The molecule has 12 heavy (non-hydrogen) atoms. The van der Waals surface area contributed by atoms with Gasteiger partial charge in [-0.05, 0) is 22.9 Å². The normalized spacial score (nSPS) is 12.6. The molecule has 64 valence electrons. The van der Waals surface area contributed by atoms with E-state index in [-0.39, 0.29) is 5.56 Å². The Balaban J connectivity index is 3.04. The number of alkyl halides is 1. The number of hydrogen-bond acceptors (Lipinski definition) is 2. The van der Waals surface area contributed by atoms with Crippen molar-refractivity contribution >= 4 is 11.6 Å². The molecule has 0 fully saturated rings. The SMILES string of the molecule is O=NC(Cl)c1ccc(F)c(F)c1. The molecular formula is C7H4ClF2NO. The molecule has 1 atom stereocenters. The van der Waals surface area contributed by atoms with Crippen molar-refractivity contribution in [2.45, 2.75) is 5.50 Å². The number of benzene rings is 1. The summed E-state index contributed by atoms with van der Waals surface area (Å²) in [4.78, 5) is 9.90. The Morgan fingerprint density at radius 1 is 1.33 bits per heavy atom. The lowest BCUT2D eigenvalue weighted by atomic mass is 10.2. The molecule has 1 unspecified atom stereocenters. The molecule has 0 amide bonds. The molecule has 0 aliphatic carbocycles. The van der Waals surface area contributed by atoms with Crippen molar-refractivity contribution in [1.29, 1.82) is 0 Å². The Bertz CT molecular complexity index is 305. The van der Waals surface area contributed by atoms with E-state index >= 15 is 0 Å². The van der Waals surface area contributed by atoms with Crippen molar-refractivity contribution in [3.63, 3.8) is 0 Å². The van der Waals surface area contributed by atoms with Gasteiger partial charge in [-0.2, -0.15) is 0 Å². The van der Waals surface area contributed by atoms with Crippen LogP contribution in [-0.4, -0.2) is 0 Å². The highest BCUT2D eigenvalue weighted by atomic mass is 35.5. The topological polar surface area (TPSA) is 29.4 Å². The number of halogens is 3. The van der Waals surface area contributed by atoms with Gasteiger partial charge in [0.2, 0.25) is 0 Å². The molecule has 0 heterocycles. The van der Waals surface area contributed by atoms with Crippen molar-refractivity contribution in [1.82, 2.24) is 0 Å². The van der Waals surface area contributed by atoms with Crippen molar-refractivity contribution in [3.05, 3.63) is 40.3 Å². The summed E-state index contributed by atoms with van der Waals surface area (Å²) < 4.78 is 24.8. The fourth-order valence-electron chi connectivity index (χ4n) is 0.721. The van der Waals surface area contributed by atoms with Crippen LogP contribution in [0.4, 0.5) is 8.78 Å². The van der Waals surface area contributed by atoms with Gasteiger partial charge >= 0.3 is 0 Å². The molecule has 0 radical (unpaired) electrons. The van der Waals surface area contributed by atoms with Crippen LogP contribution in [0.3, 0.4) is 0 Å². The first kappa shape index (κ1) is 9.06. The molecule has 0 aromatic heterocycles. The van der Waals surface area contributed by atoms with Crippen LogP contribution in [0.15, 0.2) is 23.4 Å². The maximum absolute atomic E-state index is 12.5. The maximum Gasteiger partial charge on any atom is 0.190 e. The zero-order chi connectivity index (χ0) is 9.14. The summed E-state index contributed by atoms with van der Waals surface area (Å²) in [5.41, 5.74) is -1.02. The number of nitroso groups, excluding NO2 is 1. The van der Waals surface area contributed by atoms with Crippen LogP contribution >= 0.6 is 11.6 Å². The van der Waals surface area contributed by atoms with E-state index in [1.54, 1.807) is 0 Å². The predicted molar refractivity (Wildman–Crippen MR) is 40.7 cm³/mol. The van der Waals surface area contributed by atoms with Crippen LogP contribution in [0.25, 0.3) is 0 Å². The fourth-order valence-corrected chi connectivity index (χ4v) is 0.857. The van der Waals surface area contributed by atoms with Gasteiger partial charge in [0, 0.05) is 0 Å². The number of hydrogen-bond donors (Lipinski definition) is 0. The van der Waals surface area contributed by atoms with Crippen LogP contribution in [-0.2, 0) is 0 Å². The monoisotopic (exact) mass is 191 g/mol. The Kier molecular flexibility index (Phi) is 2.70. The summed E-state index contributed by atoms with van der Waals surface area (Å²) in [6.45, 7) is 0. The van der Waals surface area contributed by atoms with Crippen molar-refractivity contribution in [2.24, 2.45) is 5.18 Å². The van der Waals surface area contributed by atoms with E-state index in [0.29, 0.717) is 0 Å². The average Bonchev–Trinajstić information content (AvgIpc) is 2.08. The quantitative estimate of drug-likeness (QED) is 0.401. The molecule has 1 aromatic rings. The van der Waals surface area contributed by atoms with E-state index in [0.717, 1.165) is 12.1 Å². The molecular weight excluding hydrogens is 188 g/mol. The molecule has 0 saturated carbocycles. The molecule has 1 rings (SSSR count). The molecule has 0 spiro atoms. The van der Waals surface area contributed by atoms with Gasteiger partial charge in [0.15, 0.2) is 17.1 Å². The van der Waals surface area contributed by atoms with Crippen LogP contribution in [0.2, 0.25) is 0 Å². The van der Waals surface area contributed by atoms with Gasteiger partial charge in [-0.3, -0.25) is 0 Å². The summed E-state index contributed by atoms with van der Waals surface area (Å²) >= 11 is 5.35. The second kappa shape index (κ2) is 3.58. The number of nitrogens with zero attached hydrogens (tertiary/aromatic N) is 1. The molecule has 2 nitrogen and oxygen atoms in total. The molecule has 1 aromatic carbocycles. The predicted octanol–water partition coefficient (Wildman–Crippen LogP) is 2.97. The van der Waals surface area contributed by atoms with Crippen LogP contribution < -0.4 is 0 Å². The zero-order valence-electron chi connectivity index (χ0n) is 5.80. The first-order valence-electron chi connectivity index (χ1n) is 3.06. The maximum atomic E-state index is 12.5. The van der Waals surface area contributed by atoms with E-state index in [1.807, 2.05) is 0 Å². The summed E-state index contributed by atoms with van der Waals surface area (Å²) in [6, 6.07) is 2.94. The van der Waals surface area contributed by atoms with Gasteiger partial charge in [-0.25, -0.2) is 8.78 Å².